The average molecular weight is 420 g/mol. The van der Waals surface area contributed by atoms with Gasteiger partial charge < -0.3 is 10.6 Å². The number of halogens is 4. The maximum Gasteiger partial charge on any atom is 0.254 e. The van der Waals surface area contributed by atoms with E-state index in [0.29, 0.717) is 0 Å². The summed E-state index contributed by atoms with van der Waals surface area (Å²) in [5.74, 6) is -0.847. The lowest BCUT2D eigenvalue weighted by Gasteiger charge is -2.16. The van der Waals surface area contributed by atoms with Crippen molar-refractivity contribution in [2.45, 2.75) is 13.0 Å². The van der Waals surface area contributed by atoms with Crippen molar-refractivity contribution in [3.8, 4) is 0 Å². The van der Waals surface area contributed by atoms with Crippen molar-refractivity contribution in [1.82, 2.24) is 10.6 Å². The molecule has 0 aromatic heterocycles. The van der Waals surface area contributed by atoms with E-state index < -0.39 is 11.8 Å². The Bertz CT molecular complexity index is 771. The molecule has 0 saturated carbocycles. The van der Waals surface area contributed by atoms with Crippen molar-refractivity contribution in [3.63, 3.8) is 0 Å². The third kappa shape index (κ3) is 5.02. The van der Waals surface area contributed by atoms with Gasteiger partial charge in [0.05, 0.1) is 31.2 Å². The lowest BCUT2D eigenvalue weighted by atomic mass is 10.2. The third-order valence-corrected chi connectivity index (χ3v) is 4.59. The van der Waals surface area contributed by atoms with Crippen molar-refractivity contribution >= 4 is 58.2 Å². The highest BCUT2D eigenvalue weighted by molar-refractivity contribution is 6.40. The van der Waals surface area contributed by atoms with Crippen LogP contribution < -0.4 is 10.6 Å². The number of benzene rings is 2. The first-order valence-electron chi connectivity index (χ1n) is 7.28. The molecule has 8 heteroatoms. The highest BCUT2D eigenvalue weighted by Gasteiger charge is 2.18. The Morgan fingerprint density at radius 3 is 1.68 bits per heavy atom. The van der Waals surface area contributed by atoms with Crippen LogP contribution in [0.3, 0.4) is 0 Å². The van der Waals surface area contributed by atoms with Crippen molar-refractivity contribution in [3.05, 3.63) is 67.6 Å². The fourth-order valence-corrected chi connectivity index (χ4v) is 3.25. The highest BCUT2D eigenvalue weighted by Crippen LogP contribution is 2.25. The van der Waals surface area contributed by atoms with Crippen LogP contribution in [0.5, 0.6) is 0 Å². The van der Waals surface area contributed by atoms with Crippen molar-refractivity contribution in [1.29, 1.82) is 0 Å². The summed E-state index contributed by atoms with van der Waals surface area (Å²) in [6.07, 6.45) is 0. The van der Waals surface area contributed by atoms with Crippen LogP contribution in [0, 0.1) is 0 Å². The maximum atomic E-state index is 12.3. The number of carbonyl (C=O) groups excluding carboxylic acids is 2. The summed E-state index contributed by atoms with van der Waals surface area (Å²) in [5, 5.41) is 6.42. The summed E-state index contributed by atoms with van der Waals surface area (Å²) >= 11 is 24.0. The van der Waals surface area contributed by atoms with Gasteiger partial charge in [-0.1, -0.05) is 58.5 Å². The predicted molar refractivity (Wildman–Crippen MR) is 102 cm³/mol. The van der Waals surface area contributed by atoms with E-state index in [0.717, 1.165) is 0 Å². The largest absolute Gasteiger partial charge is 0.350 e. The smallest absolute Gasteiger partial charge is 0.254 e. The van der Waals surface area contributed by atoms with E-state index in [1.807, 2.05) is 0 Å². The molecule has 25 heavy (non-hydrogen) atoms. The molecule has 0 fully saturated rings. The summed E-state index contributed by atoms with van der Waals surface area (Å²) in [4.78, 5) is 24.5. The molecule has 0 saturated heterocycles. The molecule has 4 nitrogen and oxygen atoms in total. The molecule has 1 atom stereocenters. The summed E-state index contributed by atoms with van der Waals surface area (Å²) in [6, 6.07) is 9.24. The number of rotatable bonds is 5. The topological polar surface area (TPSA) is 58.2 Å². The number of nitrogens with one attached hydrogen (secondary N) is 2. The van der Waals surface area contributed by atoms with Gasteiger partial charge in [0, 0.05) is 12.6 Å². The highest BCUT2D eigenvalue weighted by atomic mass is 35.5. The Kier molecular flexibility index (Phi) is 6.96. The van der Waals surface area contributed by atoms with Crippen LogP contribution in [0.15, 0.2) is 36.4 Å². The Morgan fingerprint density at radius 1 is 0.840 bits per heavy atom. The van der Waals surface area contributed by atoms with E-state index in [1.54, 1.807) is 43.3 Å². The fraction of sp³-hybridized carbons (Fsp3) is 0.176. The Hall–Kier alpha value is -1.46. The van der Waals surface area contributed by atoms with Crippen LogP contribution in [0.1, 0.15) is 27.6 Å². The van der Waals surface area contributed by atoms with Gasteiger partial charge in [0.2, 0.25) is 0 Å². The van der Waals surface area contributed by atoms with Crippen molar-refractivity contribution in [2.75, 3.05) is 6.54 Å². The van der Waals surface area contributed by atoms with Crippen molar-refractivity contribution in [2.24, 2.45) is 0 Å². The van der Waals surface area contributed by atoms with Gasteiger partial charge in [0.1, 0.15) is 0 Å². The average Bonchev–Trinajstić information content (AvgIpc) is 2.52. The van der Waals surface area contributed by atoms with Crippen LogP contribution in [0.4, 0.5) is 0 Å². The molecule has 0 aliphatic rings. The molecule has 2 N–H and O–H groups in total. The van der Waals surface area contributed by atoms with Gasteiger partial charge in [0.15, 0.2) is 0 Å². The second-order valence-corrected chi connectivity index (χ2v) is 6.91. The minimum atomic E-state index is -0.424. The molecular weight excluding hydrogens is 406 g/mol. The zero-order chi connectivity index (χ0) is 18.6. The summed E-state index contributed by atoms with van der Waals surface area (Å²) in [6.45, 7) is 1.91. The second-order valence-electron chi connectivity index (χ2n) is 5.28. The molecular formula is C17H14Cl4N2O2. The lowest BCUT2D eigenvalue weighted by molar-refractivity contribution is 0.0912. The van der Waals surface area contributed by atoms with Crippen molar-refractivity contribution < 1.29 is 9.59 Å². The molecule has 132 valence electrons. The molecule has 2 aromatic rings. The molecule has 0 bridgehead atoms. The third-order valence-electron chi connectivity index (χ3n) is 3.33. The van der Waals surface area contributed by atoms with Crippen LogP contribution in [-0.2, 0) is 0 Å². The van der Waals surface area contributed by atoms with Gasteiger partial charge in [-0.2, -0.15) is 0 Å². The zero-order valence-corrected chi connectivity index (χ0v) is 16.1. The minimum Gasteiger partial charge on any atom is -0.350 e. The van der Waals surface area contributed by atoms with Gasteiger partial charge in [-0.25, -0.2) is 0 Å². The van der Waals surface area contributed by atoms with Gasteiger partial charge in [-0.3, -0.25) is 9.59 Å². The molecule has 2 amide bonds. The van der Waals surface area contributed by atoms with E-state index in [2.05, 4.69) is 10.6 Å². The summed E-state index contributed by atoms with van der Waals surface area (Å²) in [5.41, 5.74) is 0.386. The standard InChI is InChI=1S/C17H14Cl4N2O2/c1-9(23-17(25)15-12(20)6-3-7-13(15)21)8-22-16(24)14-10(18)4-2-5-11(14)19/h2-7,9H,8H2,1H3,(H,22,24)(H,23,25). The molecule has 2 rings (SSSR count). The molecule has 0 heterocycles. The molecule has 0 aliphatic carbocycles. The summed E-state index contributed by atoms with van der Waals surface area (Å²) < 4.78 is 0. The quantitative estimate of drug-likeness (QED) is 0.727. The number of amides is 2. The first-order valence-corrected chi connectivity index (χ1v) is 8.79. The first-order chi connectivity index (χ1) is 11.8. The zero-order valence-electron chi connectivity index (χ0n) is 13.1. The van der Waals surface area contributed by atoms with Crippen LogP contribution in [0.25, 0.3) is 0 Å². The molecule has 0 aliphatic heterocycles. The number of hydrogen-bond acceptors (Lipinski definition) is 2. The van der Waals surface area contributed by atoms with Gasteiger partial charge in [-0.15, -0.1) is 0 Å². The SMILES string of the molecule is CC(CNC(=O)c1c(Cl)cccc1Cl)NC(=O)c1c(Cl)cccc1Cl. The number of hydrogen-bond donors (Lipinski definition) is 2. The Labute approximate surface area is 165 Å². The predicted octanol–water partition coefficient (Wildman–Crippen LogP) is 4.85. The monoisotopic (exact) mass is 418 g/mol. The van der Waals surface area contributed by atoms with Crippen LogP contribution in [0.2, 0.25) is 20.1 Å². The Morgan fingerprint density at radius 2 is 1.24 bits per heavy atom. The van der Waals surface area contributed by atoms with Crippen LogP contribution >= 0.6 is 46.4 Å². The molecule has 1 unspecified atom stereocenters. The van der Waals surface area contributed by atoms with Gasteiger partial charge in [0.25, 0.3) is 11.8 Å². The van der Waals surface area contributed by atoms with E-state index in [9.17, 15) is 9.59 Å². The minimum absolute atomic E-state index is 0.175. The first kappa shape index (κ1) is 19.9. The lowest BCUT2D eigenvalue weighted by Crippen LogP contribution is -2.42. The van der Waals surface area contributed by atoms with Gasteiger partial charge >= 0.3 is 0 Å². The van der Waals surface area contributed by atoms with E-state index in [-0.39, 0.29) is 43.8 Å². The number of carbonyl (C=O) groups is 2. The maximum absolute atomic E-state index is 12.3. The molecule has 2 aromatic carbocycles. The summed E-state index contributed by atoms with van der Waals surface area (Å²) in [7, 11) is 0. The fourth-order valence-electron chi connectivity index (χ4n) is 2.11. The van der Waals surface area contributed by atoms with E-state index >= 15 is 0 Å². The normalized spacial score (nSPS) is 11.7. The van der Waals surface area contributed by atoms with Crippen LogP contribution in [-0.4, -0.2) is 24.4 Å². The Balaban J connectivity index is 1.98. The molecule has 0 spiro atoms. The molecule has 0 radical (unpaired) electrons. The second kappa shape index (κ2) is 8.77. The van der Waals surface area contributed by atoms with E-state index in [4.69, 9.17) is 46.4 Å². The van der Waals surface area contributed by atoms with E-state index in [1.165, 1.54) is 0 Å². The van der Waals surface area contributed by atoms with Gasteiger partial charge in [-0.05, 0) is 31.2 Å².